The van der Waals surface area contributed by atoms with Crippen LogP contribution in [0.25, 0.3) is 11.1 Å². The largest absolute Gasteiger partial charge is 0.352 e. The molecule has 0 unspecified atom stereocenters. The molecular formula is C22H26N4O. The maximum absolute atomic E-state index is 12.7. The molecule has 0 aromatic heterocycles. The summed E-state index contributed by atoms with van der Waals surface area (Å²) in [4.78, 5) is 17.5. The summed E-state index contributed by atoms with van der Waals surface area (Å²) >= 11 is 0. The van der Waals surface area contributed by atoms with Gasteiger partial charge in [0.05, 0.1) is 11.6 Å². The molecule has 0 spiro atoms. The Bertz CT molecular complexity index is 819. The van der Waals surface area contributed by atoms with E-state index < -0.39 is 0 Å². The molecule has 1 heterocycles. The van der Waals surface area contributed by atoms with Gasteiger partial charge < -0.3 is 15.1 Å². The molecule has 2 aromatic carbocycles. The number of benzene rings is 2. The van der Waals surface area contributed by atoms with E-state index in [9.17, 15) is 10.1 Å². The van der Waals surface area contributed by atoms with E-state index in [1.165, 1.54) is 0 Å². The summed E-state index contributed by atoms with van der Waals surface area (Å²) in [5.41, 5.74) is 2.78. The third kappa shape index (κ3) is 4.94. The quantitative estimate of drug-likeness (QED) is 0.803. The number of carbonyl (C=O) groups is 1. The van der Waals surface area contributed by atoms with Gasteiger partial charge in [0.2, 0.25) is 0 Å². The van der Waals surface area contributed by atoms with Crippen LogP contribution < -0.4 is 5.32 Å². The van der Waals surface area contributed by atoms with Crippen molar-refractivity contribution in [3.63, 3.8) is 0 Å². The molecule has 1 fully saturated rings. The smallest absolute Gasteiger partial charge is 0.251 e. The normalized spacial score (nSPS) is 15.3. The van der Waals surface area contributed by atoms with Gasteiger partial charge in [-0.25, -0.2) is 0 Å². The average Bonchev–Trinajstić information content (AvgIpc) is 2.72. The predicted molar refractivity (Wildman–Crippen MR) is 107 cm³/mol. The fraction of sp³-hybridized carbons (Fsp3) is 0.364. The molecule has 0 radical (unpaired) electrons. The summed E-state index contributed by atoms with van der Waals surface area (Å²) in [6.07, 6.45) is 0.937. The van der Waals surface area contributed by atoms with Crippen molar-refractivity contribution in [2.75, 3.05) is 46.3 Å². The zero-order chi connectivity index (χ0) is 19.1. The third-order valence-electron chi connectivity index (χ3n) is 5.04. The van der Waals surface area contributed by atoms with E-state index in [-0.39, 0.29) is 5.91 Å². The van der Waals surface area contributed by atoms with Gasteiger partial charge in [-0.15, -0.1) is 0 Å². The highest BCUT2D eigenvalue weighted by Crippen LogP contribution is 2.26. The number of nitrogens with one attached hydrogen (secondary N) is 1. The minimum absolute atomic E-state index is 0.0864. The van der Waals surface area contributed by atoms with Crippen LogP contribution >= 0.6 is 0 Å². The number of hydrogen-bond donors (Lipinski definition) is 1. The maximum atomic E-state index is 12.7. The molecule has 1 amide bonds. The monoisotopic (exact) mass is 362 g/mol. The highest BCUT2D eigenvalue weighted by molar-refractivity contribution is 6.01. The molecule has 5 nitrogen and oxygen atoms in total. The van der Waals surface area contributed by atoms with Gasteiger partial charge in [0, 0.05) is 43.9 Å². The standard InChI is InChI=1S/C22H26N4O/c1-25-13-15-26(16-14-25)12-6-11-24-22(27)21-10-5-4-9-20(21)19-8-3-2-7-18(19)17-23/h2-5,7-10H,6,11-16H2,1H3,(H,24,27). The Morgan fingerprint density at radius 2 is 1.70 bits per heavy atom. The van der Waals surface area contributed by atoms with Gasteiger partial charge in [-0.3, -0.25) is 4.79 Å². The van der Waals surface area contributed by atoms with Crippen LogP contribution in [0.15, 0.2) is 48.5 Å². The molecule has 0 atom stereocenters. The number of hydrogen-bond acceptors (Lipinski definition) is 4. The molecular weight excluding hydrogens is 336 g/mol. The Balaban J connectivity index is 1.60. The first kappa shape index (κ1) is 19.1. The number of nitriles is 1. The Labute approximate surface area is 161 Å². The van der Waals surface area contributed by atoms with Gasteiger partial charge in [-0.2, -0.15) is 5.26 Å². The molecule has 1 aliphatic heterocycles. The lowest BCUT2D eigenvalue weighted by atomic mass is 9.95. The van der Waals surface area contributed by atoms with Crippen molar-refractivity contribution in [3.05, 3.63) is 59.7 Å². The van der Waals surface area contributed by atoms with Crippen LogP contribution in [0.1, 0.15) is 22.3 Å². The van der Waals surface area contributed by atoms with Crippen molar-refractivity contribution in [1.29, 1.82) is 5.26 Å². The second kappa shape index (κ2) is 9.31. The van der Waals surface area contributed by atoms with Crippen molar-refractivity contribution in [2.45, 2.75) is 6.42 Å². The van der Waals surface area contributed by atoms with Gasteiger partial charge in [0.15, 0.2) is 0 Å². The summed E-state index contributed by atoms with van der Waals surface area (Å²) < 4.78 is 0. The molecule has 3 rings (SSSR count). The summed E-state index contributed by atoms with van der Waals surface area (Å²) in [5, 5.41) is 12.4. The summed E-state index contributed by atoms with van der Waals surface area (Å²) in [7, 11) is 2.15. The fourth-order valence-electron chi connectivity index (χ4n) is 3.40. The Hall–Kier alpha value is -2.68. The van der Waals surface area contributed by atoms with Crippen LogP contribution in [0.4, 0.5) is 0 Å². The van der Waals surface area contributed by atoms with Gasteiger partial charge in [0.25, 0.3) is 5.91 Å². The maximum Gasteiger partial charge on any atom is 0.251 e. The topological polar surface area (TPSA) is 59.4 Å². The fourth-order valence-corrected chi connectivity index (χ4v) is 3.40. The number of nitrogens with zero attached hydrogens (tertiary/aromatic N) is 3. The van der Waals surface area contributed by atoms with Crippen molar-refractivity contribution in [2.24, 2.45) is 0 Å². The van der Waals surface area contributed by atoms with Crippen LogP contribution in [-0.2, 0) is 0 Å². The predicted octanol–water partition coefficient (Wildman–Crippen LogP) is 2.59. The molecule has 5 heteroatoms. The molecule has 0 aliphatic carbocycles. The van der Waals surface area contributed by atoms with Gasteiger partial charge >= 0.3 is 0 Å². The number of amides is 1. The lowest BCUT2D eigenvalue weighted by Gasteiger charge is -2.32. The minimum atomic E-state index is -0.0864. The van der Waals surface area contributed by atoms with Crippen molar-refractivity contribution >= 4 is 5.91 Å². The summed E-state index contributed by atoms with van der Waals surface area (Å²) in [6.45, 7) is 6.07. The van der Waals surface area contributed by atoms with Crippen molar-refractivity contribution in [3.8, 4) is 17.2 Å². The van der Waals surface area contributed by atoms with E-state index in [0.29, 0.717) is 17.7 Å². The highest BCUT2D eigenvalue weighted by Gasteiger charge is 2.15. The van der Waals surface area contributed by atoms with Gasteiger partial charge in [0.1, 0.15) is 0 Å². The zero-order valence-electron chi connectivity index (χ0n) is 15.8. The van der Waals surface area contributed by atoms with Crippen LogP contribution in [0.5, 0.6) is 0 Å². The van der Waals surface area contributed by atoms with E-state index in [0.717, 1.165) is 50.3 Å². The van der Waals surface area contributed by atoms with Crippen LogP contribution in [0.3, 0.4) is 0 Å². The highest BCUT2D eigenvalue weighted by atomic mass is 16.1. The number of rotatable bonds is 6. The molecule has 140 valence electrons. The SMILES string of the molecule is CN1CCN(CCCNC(=O)c2ccccc2-c2ccccc2C#N)CC1. The number of likely N-dealkylation sites (N-methyl/N-ethyl adjacent to an activating group) is 1. The molecule has 2 aromatic rings. The van der Waals surface area contributed by atoms with Gasteiger partial charge in [-0.05, 0) is 37.7 Å². The third-order valence-corrected chi connectivity index (χ3v) is 5.04. The van der Waals surface area contributed by atoms with E-state index >= 15 is 0 Å². The van der Waals surface area contributed by atoms with E-state index in [4.69, 9.17) is 0 Å². The zero-order valence-corrected chi connectivity index (χ0v) is 15.8. The number of carbonyl (C=O) groups excluding carboxylic acids is 1. The molecule has 1 saturated heterocycles. The molecule has 1 N–H and O–H groups in total. The van der Waals surface area contributed by atoms with Crippen LogP contribution in [0.2, 0.25) is 0 Å². The first-order chi connectivity index (χ1) is 13.2. The van der Waals surface area contributed by atoms with Crippen LogP contribution in [-0.4, -0.2) is 62.0 Å². The first-order valence-electron chi connectivity index (χ1n) is 9.46. The number of piperazine rings is 1. The van der Waals surface area contributed by atoms with E-state index in [1.807, 2.05) is 42.5 Å². The van der Waals surface area contributed by atoms with Gasteiger partial charge in [-0.1, -0.05) is 36.4 Å². The van der Waals surface area contributed by atoms with E-state index in [1.54, 1.807) is 6.07 Å². The first-order valence-corrected chi connectivity index (χ1v) is 9.46. The lowest BCUT2D eigenvalue weighted by molar-refractivity contribution is 0.0950. The Morgan fingerprint density at radius 1 is 1.04 bits per heavy atom. The Morgan fingerprint density at radius 3 is 2.44 bits per heavy atom. The lowest BCUT2D eigenvalue weighted by Crippen LogP contribution is -2.45. The second-order valence-corrected chi connectivity index (χ2v) is 6.96. The van der Waals surface area contributed by atoms with Crippen LogP contribution in [0, 0.1) is 11.3 Å². The Kier molecular flexibility index (Phi) is 6.59. The second-order valence-electron chi connectivity index (χ2n) is 6.96. The molecule has 1 aliphatic rings. The summed E-state index contributed by atoms with van der Waals surface area (Å²) in [5.74, 6) is -0.0864. The van der Waals surface area contributed by atoms with E-state index in [2.05, 4.69) is 28.2 Å². The summed E-state index contributed by atoms with van der Waals surface area (Å²) in [6, 6.07) is 17.1. The molecule has 27 heavy (non-hydrogen) atoms. The molecule has 0 saturated carbocycles. The average molecular weight is 362 g/mol. The van der Waals surface area contributed by atoms with Crippen molar-refractivity contribution in [1.82, 2.24) is 15.1 Å². The minimum Gasteiger partial charge on any atom is -0.352 e. The molecule has 0 bridgehead atoms. The van der Waals surface area contributed by atoms with Crippen molar-refractivity contribution < 1.29 is 4.79 Å².